The summed E-state index contributed by atoms with van der Waals surface area (Å²) in [6.07, 6.45) is 3.05. The van der Waals surface area contributed by atoms with E-state index < -0.39 is 0 Å². The predicted octanol–water partition coefficient (Wildman–Crippen LogP) is 1.36. The molecule has 5 nitrogen and oxygen atoms in total. The minimum Gasteiger partial charge on any atom is -0.266 e. The van der Waals surface area contributed by atoms with Gasteiger partial charge in [0.15, 0.2) is 0 Å². The molecule has 86 valence electrons. The molecule has 5 heteroatoms. The van der Waals surface area contributed by atoms with Gasteiger partial charge in [-0.2, -0.15) is 10.4 Å². The second kappa shape index (κ2) is 3.86. The van der Waals surface area contributed by atoms with Crippen LogP contribution >= 0.6 is 0 Å². The molecule has 0 aliphatic rings. The van der Waals surface area contributed by atoms with Crippen LogP contribution in [0.25, 0.3) is 11.2 Å². The summed E-state index contributed by atoms with van der Waals surface area (Å²) >= 11 is 0. The monoisotopic (exact) mass is 236 g/mol. The van der Waals surface area contributed by atoms with Crippen LogP contribution in [0.3, 0.4) is 0 Å². The van der Waals surface area contributed by atoms with Gasteiger partial charge in [0.2, 0.25) is 0 Å². The summed E-state index contributed by atoms with van der Waals surface area (Å²) in [6.45, 7) is 0. The number of nitriles is 1. The molecule has 0 unspecified atom stereocenters. The molecule has 0 N–H and O–H groups in total. The average Bonchev–Trinajstić information content (AvgIpc) is 2.84. The highest BCUT2D eigenvalue weighted by atomic mass is 16.1. The molecule has 0 fully saturated rings. The van der Waals surface area contributed by atoms with E-state index >= 15 is 0 Å². The first-order chi connectivity index (χ1) is 8.81. The highest BCUT2D eigenvalue weighted by Gasteiger charge is 2.10. The lowest BCUT2D eigenvalue weighted by Gasteiger charge is -2.05. The molecule has 0 radical (unpaired) electrons. The molecule has 2 heterocycles. The molecule has 1 aromatic carbocycles. The maximum atomic E-state index is 12.3. The highest BCUT2D eigenvalue weighted by Crippen LogP contribution is 2.08. The lowest BCUT2D eigenvalue weighted by molar-refractivity contribution is 0.826. The predicted molar refractivity (Wildman–Crippen MR) is 65.5 cm³/mol. The molecule has 0 atom stereocenters. The highest BCUT2D eigenvalue weighted by molar-refractivity contribution is 5.60. The number of rotatable bonds is 1. The van der Waals surface area contributed by atoms with E-state index in [-0.39, 0.29) is 5.56 Å². The van der Waals surface area contributed by atoms with Crippen molar-refractivity contribution in [2.24, 2.45) is 0 Å². The third kappa shape index (κ3) is 1.40. The molecule has 0 saturated carbocycles. The van der Waals surface area contributed by atoms with E-state index in [4.69, 9.17) is 5.26 Å². The number of hydrogen-bond donors (Lipinski definition) is 0. The van der Waals surface area contributed by atoms with Gasteiger partial charge in [0, 0.05) is 6.20 Å². The smallest absolute Gasteiger partial charge is 0.266 e. The van der Waals surface area contributed by atoms with Crippen LogP contribution < -0.4 is 5.56 Å². The maximum absolute atomic E-state index is 12.3. The van der Waals surface area contributed by atoms with E-state index in [0.29, 0.717) is 11.1 Å². The van der Waals surface area contributed by atoms with Gasteiger partial charge in [-0.3, -0.25) is 9.36 Å². The summed E-state index contributed by atoms with van der Waals surface area (Å²) in [6, 6.07) is 12.8. The molecule has 0 aliphatic carbocycles. The van der Waals surface area contributed by atoms with Crippen molar-refractivity contribution in [1.29, 1.82) is 5.26 Å². The summed E-state index contributed by atoms with van der Waals surface area (Å²) in [7, 11) is 0. The first-order valence-corrected chi connectivity index (χ1v) is 5.36. The van der Waals surface area contributed by atoms with Crippen molar-refractivity contribution in [1.82, 2.24) is 14.2 Å². The minimum atomic E-state index is -0.252. The van der Waals surface area contributed by atoms with Gasteiger partial charge in [0.05, 0.1) is 11.3 Å². The molecule has 0 bridgehead atoms. The van der Waals surface area contributed by atoms with Crippen LogP contribution in [-0.2, 0) is 0 Å². The van der Waals surface area contributed by atoms with Crippen LogP contribution in [0, 0.1) is 11.3 Å². The van der Waals surface area contributed by atoms with Crippen LogP contribution in [0.5, 0.6) is 0 Å². The summed E-state index contributed by atoms with van der Waals surface area (Å²) in [5.74, 6) is 0. The Bertz CT molecular complexity index is 808. The molecule has 0 spiro atoms. The number of hydrogen-bond acceptors (Lipinski definition) is 3. The van der Waals surface area contributed by atoms with Crippen LogP contribution in [-0.4, -0.2) is 14.2 Å². The Morgan fingerprint density at radius 3 is 2.67 bits per heavy atom. The quantitative estimate of drug-likeness (QED) is 0.640. The van der Waals surface area contributed by atoms with Crippen LogP contribution in [0.15, 0.2) is 53.7 Å². The van der Waals surface area contributed by atoms with E-state index in [1.165, 1.54) is 15.4 Å². The normalized spacial score (nSPS) is 10.4. The minimum absolute atomic E-state index is 0.252. The summed E-state index contributed by atoms with van der Waals surface area (Å²) in [5.41, 5.74) is 1.10. The number of benzene rings is 1. The topological polar surface area (TPSA) is 63.1 Å². The van der Waals surface area contributed by atoms with E-state index in [1.807, 2.05) is 36.4 Å². The van der Waals surface area contributed by atoms with Gasteiger partial charge in [-0.1, -0.05) is 18.2 Å². The SMILES string of the molecule is N#Cc1ccn2ncn(-c3ccccc3)c(=O)c12. The van der Waals surface area contributed by atoms with Crippen molar-refractivity contribution in [2.75, 3.05) is 0 Å². The Morgan fingerprint density at radius 2 is 1.94 bits per heavy atom. The molecule has 0 saturated heterocycles. The third-order valence-electron chi connectivity index (χ3n) is 2.73. The second-order valence-electron chi connectivity index (χ2n) is 3.78. The molecule has 18 heavy (non-hydrogen) atoms. The van der Waals surface area contributed by atoms with Crippen molar-refractivity contribution in [3.63, 3.8) is 0 Å². The van der Waals surface area contributed by atoms with Crippen molar-refractivity contribution in [2.45, 2.75) is 0 Å². The first kappa shape index (κ1) is 10.3. The van der Waals surface area contributed by atoms with Crippen LogP contribution in [0.1, 0.15) is 5.56 Å². The molecular weight excluding hydrogens is 228 g/mol. The fraction of sp³-hybridized carbons (Fsp3) is 0. The number of nitrogens with zero attached hydrogens (tertiary/aromatic N) is 4. The molecule has 2 aromatic heterocycles. The van der Waals surface area contributed by atoms with E-state index in [0.717, 1.165) is 5.69 Å². The Balaban J connectivity index is 2.37. The molecule has 3 rings (SSSR count). The zero-order valence-corrected chi connectivity index (χ0v) is 9.32. The molecule has 3 aromatic rings. The Hall–Kier alpha value is -2.87. The van der Waals surface area contributed by atoms with Gasteiger partial charge in [-0.15, -0.1) is 0 Å². The van der Waals surface area contributed by atoms with Gasteiger partial charge < -0.3 is 0 Å². The first-order valence-electron chi connectivity index (χ1n) is 5.36. The van der Waals surface area contributed by atoms with Crippen molar-refractivity contribution in [3.8, 4) is 11.8 Å². The average molecular weight is 236 g/mol. The zero-order chi connectivity index (χ0) is 12.5. The zero-order valence-electron chi connectivity index (χ0n) is 9.32. The van der Waals surface area contributed by atoms with Gasteiger partial charge in [-0.05, 0) is 18.2 Å². The summed E-state index contributed by atoms with van der Waals surface area (Å²) in [4.78, 5) is 12.3. The second-order valence-corrected chi connectivity index (χ2v) is 3.78. The fourth-order valence-corrected chi connectivity index (χ4v) is 1.87. The van der Waals surface area contributed by atoms with Gasteiger partial charge in [-0.25, -0.2) is 4.52 Å². The lowest BCUT2D eigenvalue weighted by atomic mass is 10.3. The number of aromatic nitrogens is 3. The number of fused-ring (bicyclic) bond motifs is 1. The van der Waals surface area contributed by atoms with Crippen molar-refractivity contribution in [3.05, 3.63) is 64.8 Å². The van der Waals surface area contributed by atoms with Crippen molar-refractivity contribution >= 4 is 5.52 Å². The van der Waals surface area contributed by atoms with Gasteiger partial charge >= 0.3 is 0 Å². The fourth-order valence-electron chi connectivity index (χ4n) is 1.87. The van der Waals surface area contributed by atoms with Crippen LogP contribution in [0.2, 0.25) is 0 Å². The van der Waals surface area contributed by atoms with Gasteiger partial charge in [0.25, 0.3) is 5.56 Å². The molecule has 0 amide bonds. The van der Waals surface area contributed by atoms with E-state index in [2.05, 4.69) is 5.10 Å². The van der Waals surface area contributed by atoms with Crippen LogP contribution in [0.4, 0.5) is 0 Å². The maximum Gasteiger partial charge on any atom is 0.283 e. The molecular formula is C13H8N4O. The Morgan fingerprint density at radius 1 is 1.17 bits per heavy atom. The van der Waals surface area contributed by atoms with Gasteiger partial charge in [0.1, 0.15) is 17.9 Å². The summed E-state index contributed by atoms with van der Waals surface area (Å²) < 4.78 is 2.84. The van der Waals surface area contributed by atoms with E-state index in [1.54, 1.807) is 12.3 Å². The summed E-state index contributed by atoms with van der Waals surface area (Å²) in [5, 5.41) is 13.1. The Kier molecular flexibility index (Phi) is 2.21. The lowest BCUT2D eigenvalue weighted by Crippen LogP contribution is -2.21. The third-order valence-corrected chi connectivity index (χ3v) is 2.73. The van der Waals surface area contributed by atoms with E-state index in [9.17, 15) is 4.79 Å². The Labute approximate surface area is 102 Å². The number of para-hydroxylation sites is 1. The molecule has 0 aliphatic heterocycles. The largest absolute Gasteiger partial charge is 0.283 e. The standard InChI is InChI=1S/C13H8N4O/c14-8-10-6-7-17-12(10)13(18)16(9-15-17)11-4-2-1-3-5-11/h1-7,9H. The van der Waals surface area contributed by atoms with Crippen molar-refractivity contribution < 1.29 is 0 Å².